The smallest absolute Gasteiger partial charge is 0.293 e. The number of para-hydroxylation sites is 1. The molecule has 8 nitrogen and oxygen atoms in total. The minimum Gasteiger partial charge on any atom is -0.293 e. The van der Waals surface area contributed by atoms with Crippen LogP contribution in [0.15, 0.2) is 58.5 Å². The van der Waals surface area contributed by atoms with Crippen LogP contribution in [0.1, 0.15) is 16.1 Å². The molecule has 0 unspecified atom stereocenters. The molecule has 0 atom stereocenters. The van der Waals surface area contributed by atoms with Crippen molar-refractivity contribution in [2.45, 2.75) is 12.1 Å². The van der Waals surface area contributed by atoms with E-state index in [9.17, 15) is 9.59 Å². The molecule has 0 aliphatic heterocycles. The summed E-state index contributed by atoms with van der Waals surface area (Å²) in [6.45, 7) is 1.81. The van der Waals surface area contributed by atoms with Crippen molar-refractivity contribution >= 4 is 40.7 Å². The molecule has 0 N–H and O–H groups in total. The largest absolute Gasteiger partial charge is 0.297 e. The Morgan fingerprint density at radius 2 is 1.84 bits per heavy atom. The maximum absolute atomic E-state index is 13.2. The Balaban J connectivity index is 1.64. The number of hydrogen-bond acceptors (Lipinski definition) is 6. The maximum atomic E-state index is 13.2. The van der Waals surface area contributed by atoms with Crippen LogP contribution in [-0.2, 0) is 7.05 Å². The molecule has 2 aromatic heterocycles. The highest BCUT2D eigenvalue weighted by atomic mass is 35.5. The standard InChI is InChI=1S/C20H16Cl2N6O2S/c1-12-18(19(30)28(26(12)2)14-6-4-3-5-7-14)27-20(23-24-25-27)31-11-17(29)13-8-9-15(21)16(22)10-13/h3-10H,11H2,1-2H3. The van der Waals surface area contributed by atoms with E-state index in [1.807, 2.05) is 37.3 Å². The number of aromatic nitrogens is 6. The quantitative estimate of drug-likeness (QED) is 0.312. The van der Waals surface area contributed by atoms with Gasteiger partial charge in [-0.2, -0.15) is 4.68 Å². The maximum Gasteiger partial charge on any atom is 0.297 e. The molecule has 0 amide bonds. The predicted octanol–water partition coefficient (Wildman–Crippen LogP) is 3.74. The van der Waals surface area contributed by atoms with E-state index in [-0.39, 0.29) is 17.1 Å². The van der Waals surface area contributed by atoms with E-state index in [0.29, 0.717) is 32.1 Å². The number of rotatable bonds is 6. The molecule has 2 aromatic carbocycles. The van der Waals surface area contributed by atoms with Gasteiger partial charge in [0.25, 0.3) is 5.56 Å². The van der Waals surface area contributed by atoms with Crippen molar-refractivity contribution in [2.24, 2.45) is 7.05 Å². The molecule has 4 rings (SSSR count). The highest BCUT2D eigenvalue weighted by Gasteiger charge is 2.22. The lowest BCUT2D eigenvalue weighted by molar-refractivity contribution is 0.102. The Morgan fingerprint density at radius 1 is 1.10 bits per heavy atom. The van der Waals surface area contributed by atoms with Crippen molar-refractivity contribution in [3.63, 3.8) is 0 Å². The van der Waals surface area contributed by atoms with Gasteiger partial charge in [-0.3, -0.25) is 14.3 Å². The van der Waals surface area contributed by atoms with Crippen LogP contribution < -0.4 is 5.56 Å². The third-order valence-electron chi connectivity index (χ3n) is 4.75. The van der Waals surface area contributed by atoms with E-state index < -0.39 is 0 Å². The number of benzene rings is 2. The number of Topliss-reactive ketones (excluding diaryl/α,β-unsaturated/α-hetero) is 1. The van der Waals surface area contributed by atoms with Gasteiger partial charge in [-0.15, -0.1) is 5.10 Å². The van der Waals surface area contributed by atoms with E-state index in [1.54, 1.807) is 28.5 Å². The number of halogens is 2. The zero-order chi connectivity index (χ0) is 22.1. The first-order chi connectivity index (χ1) is 14.9. The van der Waals surface area contributed by atoms with Gasteiger partial charge in [-0.1, -0.05) is 53.2 Å². The number of carbonyl (C=O) groups excluding carboxylic acids is 1. The molecule has 0 aliphatic carbocycles. The molecule has 31 heavy (non-hydrogen) atoms. The summed E-state index contributed by atoms with van der Waals surface area (Å²) >= 11 is 13.0. The normalized spacial score (nSPS) is 11.1. The van der Waals surface area contributed by atoms with Crippen LogP contribution in [0.25, 0.3) is 11.4 Å². The minimum atomic E-state index is -0.267. The molecule has 0 spiro atoms. The van der Waals surface area contributed by atoms with Crippen LogP contribution in [-0.4, -0.2) is 41.1 Å². The fourth-order valence-corrected chi connectivity index (χ4v) is 4.16. The van der Waals surface area contributed by atoms with Gasteiger partial charge in [-0.25, -0.2) is 4.68 Å². The summed E-state index contributed by atoms with van der Waals surface area (Å²) in [6, 6.07) is 14.0. The van der Waals surface area contributed by atoms with Gasteiger partial charge >= 0.3 is 0 Å². The Morgan fingerprint density at radius 3 is 2.55 bits per heavy atom. The second-order valence-electron chi connectivity index (χ2n) is 6.62. The first-order valence-electron chi connectivity index (χ1n) is 9.12. The fraction of sp³-hybridized carbons (Fsp3) is 0.150. The second-order valence-corrected chi connectivity index (χ2v) is 8.38. The van der Waals surface area contributed by atoms with Crippen LogP contribution in [0.5, 0.6) is 0 Å². The molecule has 158 valence electrons. The van der Waals surface area contributed by atoms with E-state index in [4.69, 9.17) is 23.2 Å². The summed E-state index contributed by atoms with van der Waals surface area (Å²) in [5, 5.41) is 12.7. The zero-order valence-electron chi connectivity index (χ0n) is 16.5. The summed E-state index contributed by atoms with van der Waals surface area (Å²) in [5.74, 6) is -0.0959. The molecule has 2 heterocycles. The Bertz CT molecular complexity index is 1330. The fourth-order valence-electron chi connectivity index (χ4n) is 3.09. The first-order valence-corrected chi connectivity index (χ1v) is 10.9. The number of thioether (sulfide) groups is 1. The van der Waals surface area contributed by atoms with Crippen LogP contribution in [0.4, 0.5) is 0 Å². The average molecular weight is 475 g/mol. The predicted molar refractivity (Wildman–Crippen MR) is 120 cm³/mol. The van der Waals surface area contributed by atoms with Gasteiger partial charge in [-0.05, 0) is 47.7 Å². The lowest BCUT2D eigenvalue weighted by atomic mass is 10.1. The average Bonchev–Trinajstić information content (AvgIpc) is 3.30. The van der Waals surface area contributed by atoms with Gasteiger partial charge in [0, 0.05) is 12.6 Å². The van der Waals surface area contributed by atoms with Gasteiger partial charge in [0.15, 0.2) is 11.5 Å². The monoisotopic (exact) mass is 474 g/mol. The zero-order valence-corrected chi connectivity index (χ0v) is 18.8. The molecule has 0 saturated heterocycles. The molecule has 0 saturated carbocycles. The molecule has 0 radical (unpaired) electrons. The molecule has 4 aromatic rings. The number of tetrazole rings is 1. The third kappa shape index (κ3) is 4.04. The summed E-state index contributed by atoms with van der Waals surface area (Å²) in [7, 11) is 1.79. The van der Waals surface area contributed by atoms with Crippen LogP contribution in [0.2, 0.25) is 10.0 Å². The topological polar surface area (TPSA) is 87.6 Å². The van der Waals surface area contributed by atoms with E-state index in [2.05, 4.69) is 15.5 Å². The third-order valence-corrected chi connectivity index (χ3v) is 6.41. The van der Waals surface area contributed by atoms with Crippen molar-refractivity contribution in [3.8, 4) is 11.4 Å². The summed E-state index contributed by atoms with van der Waals surface area (Å²) in [4.78, 5) is 25.8. The van der Waals surface area contributed by atoms with E-state index in [1.165, 1.54) is 10.7 Å². The molecule has 0 bridgehead atoms. The van der Waals surface area contributed by atoms with Crippen molar-refractivity contribution in [1.29, 1.82) is 0 Å². The minimum absolute atomic E-state index is 0.0666. The van der Waals surface area contributed by atoms with Crippen molar-refractivity contribution in [3.05, 3.63) is 80.2 Å². The van der Waals surface area contributed by atoms with Gasteiger partial charge in [0.2, 0.25) is 5.16 Å². The highest BCUT2D eigenvalue weighted by Crippen LogP contribution is 2.25. The molecule has 11 heteroatoms. The first kappa shape index (κ1) is 21.4. The molecule has 0 aliphatic rings. The number of carbonyl (C=O) groups is 1. The van der Waals surface area contributed by atoms with Crippen LogP contribution in [0.3, 0.4) is 0 Å². The Kier molecular flexibility index (Phi) is 5.99. The summed E-state index contributed by atoms with van der Waals surface area (Å²) < 4.78 is 4.65. The molecular formula is C20H16Cl2N6O2S. The lowest BCUT2D eigenvalue weighted by Gasteiger charge is -2.07. The van der Waals surface area contributed by atoms with Crippen molar-refractivity contribution < 1.29 is 4.79 Å². The number of hydrogen-bond donors (Lipinski definition) is 0. The van der Waals surface area contributed by atoms with Gasteiger partial charge in [0.1, 0.15) is 0 Å². The number of nitrogens with zero attached hydrogens (tertiary/aromatic N) is 6. The number of ketones is 1. The molecule has 0 fully saturated rings. The second kappa shape index (κ2) is 8.70. The van der Waals surface area contributed by atoms with Crippen molar-refractivity contribution in [1.82, 2.24) is 29.6 Å². The highest BCUT2D eigenvalue weighted by molar-refractivity contribution is 7.99. The van der Waals surface area contributed by atoms with E-state index >= 15 is 0 Å². The lowest BCUT2D eigenvalue weighted by Crippen LogP contribution is -2.22. The van der Waals surface area contributed by atoms with E-state index in [0.717, 1.165) is 17.4 Å². The Labute approximate surface area is 191 Å². The summed E-state index contributed by atoms with van der Waals surface area (Å²) in [6.07, 6.45) is 0. The summed E-state index contributed by atoms with van der Waals surface area (Å²) in [5.41, 5.74) is 1.89. The van der Waals surface area contributed by atoms with Crippen LogP contribution >= 0.6 is 35.0 Å². The SMILES string of the molecule is Cc1c(-n2nnnc2SCC(=O)c2ccc(Cl)c(Cl)c2)c(=O)n(-c2ccccc2)n1C. The van der Waals surface area contributed by atoms with Crippen LogP contribution in [0, 0.1) is 6.92 Å². The van der Waals surface area contributed by atoms with Gasteiger partial charge < -0.3 is 0 Å². The van der Waals surface area contributed by atoms with Crippen molar-refractivity contribution in [2.75, 3.05) is 5.75 Å². The Hall–Kier alpha value is -2.88. The molecular weight excluding hydrogens is 459 g/mol. The van der Waals surface area contributed by atoms with Gasteiger partial charge in [0.05, 0.1) is 27.2 Å².